The van der Waals surface area contributed by atoms with Crippen LogP contribution in [0, 0.1) is 0 Å². The highest BCUT2D eigenvalue weighted by molar-refractivity contribution is 6.42. The topological polar surface area (TPSA) is 26.7 Å². The zero-order valence-corrected chi connectivity index (χ0v) is 13.2. The number of hydrogen-bond donors (Lipinski definition) is 1. The Morgan fingerprint density at radius 2 is 1.60 bits per heavy atom. The molecule has 0 saturated carbocycles. The molecule has 112 valence electrons. The van der Waals surface area contributed by atoms with Crippen LogP contribution in [0.3, 0.4) is 0 Å². The summed E-state index contributed by atoms with van der Waals surface area (Å²) in [7, 11) is 0. The maximum Gasteiger partial charge on any atom is 0.0595 e. The van der Waals surface area contributed by atoms with Gasteiger partial charge in [-0.3, -0.25) is 0 Å². The molecule has 1 aliphatic heterocycles. The summed E-state index contributed by atoms with van der Waals surface area (Å²) in [6.45, 7) is 6.77. The van der Waals surface area contributed by atoms with Crippen molar-refractivity contribution >= 4 is 23.2 Å². The molecule has 0 aromatic heterocycles. The second-order valence-corrected chi connectivity index (χ2v) is 6.07. The molecule has 0 aliphatic carbocycles. The van der Waals surface area contributed by atoms with Crippen molar-refractivity contribution in [3.05, 3.63) is 33.8 Å². The number of nitrogens with zero attached hydrogens (tertiary/aromatic N) is 2. The van der Waals surface area contributed by atoms with Crippen LogP contribution in [-0.2, 0) is 6.42 Å². The first-order valence-electron chi connectivity index (χ1n) is 7.18. The predicted octanol–water partition coefficient (Wildman–Crippen LogP) is 2.54. The maximum atomic E-state index is 8.84. The first-order chi connectivity index (χ1) is 9.69. The second kappa shape index (κ2) is 8.20. The van der Waals surface area contributed by atoms with Crippen molar-refractivity contribution in [1.29, 1.82) is 0 Å². The van der Waals surface area contributed by atoms with Gasteiger partial charge in [0.05, 0.1) is 10.0 Å². The fourth-order valence-electron chi connectivity index (χ4n) is 2.51. The molecule has 1 aliphatic rings. The van der Waals surface area contributed by atoms with E-state index in [9.17, 15) is 0 Å². The molecule has 1 saturated heterocycles. The molecular formula is C15H22Cl2N2O. The molecule has 3 nitrogen and oxygen atoms in total. The number of aliphatic hydroxyl groups excluding tert-OH is 1. The zero-order chi connectivity index (χ0) is 14.4. The Bertz CT molecular complexity index is 420. The van der Waals surface area contributed by atoms with Crippen molar-refractivity contribution in [2.75, 3.05) is 45.9 Å². The lowest BCUT2D eigenvalue weighted by Gasteiger charge is -2.34. The summed E-state index contributed by atoms with van der Waals surface area (Å²) in [5.41, 5.74) is 1.24. The van der Waals surface area contributed by atoms with Gasteiger partial charge >= 0.3 is 0 Å². The zero-order valence-electron chi connectivity index (χ0n) is 11.7. The third-order valence-electron chi connectivity index (χ3n) is 3.80. The highest BCUT2D eigenvalue weighted by Crippen LogP contribution is 2.22. The Kier molecular flexibility index (Phi) is 6.59. The molecule has 1 fully saturated rings. The average molecular weight is 317 g/mol. The number of piperazine rings is 1. The van der Waals surface area contributed by atoms with Crippen LogP contribution < -0.4 is 0 Å². The summed E-state index contributed by atoms with van der Waals surface area (Å²) in [6, 6.07) is 5.87. The highest BCUT2D eigenvalue weighted by atomic mass is 35.5. The minimum absolute atomic E-state index is 0.289. The lowest BCUT2D eigenvalue weighted by Crippen LogP contribution is -2.47. The molecule has 2 rings (SSSR count). The minimum Gasteiger partial charge on any atom is -0.396 e. The number of benzene rings is 1. The monoisotopic (exact) mass is 316 g/mol. The quantitative estimate of drug-likeness (QED) is 0.873. The van der Waals surface area contributed by atoms with Crippen LogP contribution in [0.4, 0.5) is 0 Å². The van der Waals surface area contributed by atoms with Crippen LogP contribution in [0.1, 0.15) is 12.0 Å². The van der Waals surface area contributed by atoms with Crippen molar-refractivity contribution in [3.63, 3.8) is 0 Å². The standard InChI is InChI=1S/C15H22Cl2N2O/c16-14-3-2-13(12-15(14)17)4-6-19-9-7-18(8-10-19)5-1-11-20/h2-3,12,20H,1,4-11H2. The lowest BCUT2D eigenvalue weighted by molar-refractivity contribution is 0.125. The molecule has 0 unspecified atom stereocenters. The van der Waals surface area contributed by atoms with Gasteiger partial charge in [-0.25, -0.2) is 0 Å². The van der Waals surface area contributed by atoms with Gasteiger partial charge in [0.25, 0.3) is 0 Å². The van der Waals surface area contributed by atoms with E-state index in [-0.39, 0.29) is 6.61 Å². The largest absolute Gasteiger partial charge is 0.396 e. The van der Waals surface area contributed by atoms with Gasteiger partial charge in [0.2, 0.25) is 0 Å². The summed E-state index contributed by atoms with van der Waals surface area (Å²) in [4.78, 5) is 4.91. The van der Waals surface area contributed by atoms with E-state index in [2.05, 4.69) is 9.80 Å². The Hall–Kier alpha value is -0.320. The van der Waals surface area contributed by atoms with Gasteiger partial charge in [0.15, 0.2) is 0 Å². The van der Waals surface area contributed by atoms with Crippen molar-refractivity contribution in [2.45, 2.75) is 12.8 Å². The smallest absolute Gasteiger partial charge is 0.0595 e. The molecule has 5 heteroatoms. The first kappa shape index (κ1) is 16.1. The van der Waals surface area contributed by atoms with E-state index in [1.165, 1.54) is 5.56 Å². The Labute approximate surface area is 131 Å². The third-order valence-corrected chi connectivity index (χ3v) is 4.54. The summed E-state index contributed by atoms with van der Waals surface area (Å²) in [5.74, 6) is 0. The van der Waals surface area contributed by atoms with E-state index < -0.39 is 0 Å². The molecule has 1 aromatic rings. The molecule has 1 heterocycles. The van der Waals surface area contributed by atoms with Gasteiger partial charge in [0, 0.05) is 45.9 Å². The van der Waals surface area contributed by atoms with E-state index in [0.29, 0.717) is 10.0 Å². The van der Waals surface area contributed by atoms with Crippen LogP contribution in [0.5, 0.6) is 0 Å². The van der Waals surface area contributed by atoms with E-state index >= 15 is 0 Å². The maximum absolute atomic E-state index is 8.84. The highest BCUT2D eigenvalue weighted by Gasteiger charge is 2.15. The van der Waals surface area contributed by atoms with Gasteiger partial charge in [-0.1, -0.05) is 29.3 Å². The molecule has 0 amide bonds. The second-order valence-electron chi connectivity index (χ2n) is 5.26. The fraction of sp³-hybridized carbons (Fsp3) is 0.600. The Morgan fingerprint density at radius 3 is 2.20 bits per heavy atom. The van der Waals surface area contributed by atoms with Crippen LogP contribution >= 0.6 is 23.2 Å². The first-order valence-corrected chi connectivity index (χ1v) is 7.94. The van der Waals surface area contributed by atoms with E-state index in [1.54, 1.807) is 0 Å². The van der Waals surface area contributed by atoms with Gasteiger partial charge < -0.3 is 14.9 Å². The van der Waals surface area contributed by atoms with Crippen molar-refractivity contribution in [3.8, 4) is 0 Å². The number of aliphatic hydroxyl groups is 1. The summed E-state index contributed by atoms with van der Waals surface area (Å²) < 4.78 is 0. The molecule has 1 aromatic carbocycles. The van der Waals surface area contributed by atoms with Gasteiger partial charge in [-0.05, 0) is 30.5 Å². The molecular weight excluding hydrogens is 295 g/mol. The molecule has 1 N–H and O–H groups in total. The minimum atomic E-state index is 0.289. The van der Waals surface area contributed by atoms with Crippen LogP contribution in [0.15, 0.2) is 18.2 Å². The van der Waals surface area contributed by atoms with Gasteiger partial charge in [-0.15, -0.1) is 0 Å². The number of hydrogen-bond acceptors (Lipinski definition) is 3. The summed E-state index contributed by atoms with van der Waals surface area (Å²) >= 11 is 12.0. The van der Waals surface area contributed by atoms with Crippen LogP contribution in [0.2, 0.25) is 10.0 Å². The molecule has 0 radical (unpaired) electrons. The van der Waals surface area contributed by atoms with Crippen LogP contribution in [0.25, 0.3) is 0 Å². The van der Waals surface area contributed by atoms with E-state index in [1.807, 2.05) is 18.2 Å². The normalized spacial score (nSPS) is 17.6. The van der Waals surface area contributed by atoms with E-state index in [4.69, 9.17) is 28.3 Å². The number of rotatable bonds is 6. The summed E-state index contributed by atoms with van der Waals surface area (Å²) in [5, 5.41) is 10.1. The van der Waals surface area contributed by atoms with Crippen molar-refractivity contribution < 1.29 is 5.11 Å². The average Bonchev–Trinajstić information content (AvgIpc) is 2.47. The van der Waals surface area contributed by atoms with Crippen molar-refractivity contribution in [2.24, 2.45) is 0 Å². The molecule has 0 atom stereocenters. The summed E-state index contributed by atoms with van der Waals surface area (Å²) in [6.07, 6.45) is 1.89. The third kappa shape index (κ3) is 4.90. The van der Waals surface area contributed by atoms with Crippen molar-refractivity contribution in [1.82, 2.24) is 9.80 Å². The van der Waals surface area contributed by atoms with Gasteiger partial charge in [-0.2, -0.15) is 0 Å². The van der Waals surface area contributed by atoms with Gasteiger partial charge in [0.1, 0.15) is 0 Å². The molecule has 20 heavy (non-hydrogen) atoms. The molecule has 0 spiro atoms. The molecule has 0 bridgehead atoms. The Balaban J connectivity index is 1.71. The van der Waals surface area contributed by atoms with Crippen LogP contribution in [-0.4, -0.2) is 60.8 Å². The predicted molar refractivity (Wildman–Crippen MR) is 84.7 cm³/mol. The number of halogens is 2. The SMILES string of the molecule is OCCCN1CCN(CCc2ccc(Cl)c(Cl)c2)CC1. The van der Waals surface area contributed by atoms with E-state index in [0.717, 1.165) is 52.1 Å². The Morgan fingerprint density at radius 1 is 0.950 bits per heavy atom. The fourth-order valence-corrected chi connectivity index (χ4v) is 2.83. The lowest BCUT2D eigenvalue weighted by atomic mass is 10.1.